The van der Waals surface area contributed by atoms with Gasteiger partial charge in [-0.3, -0.25) is 0 Å². The average Bonchev–Trinajstić information content (AvgIpc) is 2.44. The van der Waals surface area contributed by atoms with Gasteiger partial charge in [0.2, 0.25) is 5.75 Å². The molecule has 0 aliphatic rings. The summed E-state index contributed by atoms with van der Waals surface area (Å²) >= 11 is 5.98. The van der Waals surface area contributed by atoms with E-state index in [9.17, 15) is 5.11 Å². The summed E-state index contributed by atoms with van der Waals surface area (Å²) in [6, 6.07) is 3.44. The largest absolute Gasteiger partial charge is 0.493 e. The van der Waals surface area contributed by atoms with E-state index < -0.39 is 0 Å². The summed E-state index contributed by atoms with van der Waals surface area (Å²) in [6.45, 7) is -0.195. The quantitative estimate of drug-likeness (QED) is 0.873. The molecule has 6 heteroatoms. The molecule has 1 aromatic carbocycles. The number of aliphatic hydroxyl groups excluding tert-OH is 1. The Morgan fingerprint density at radius 1 is 1.11 bits per heavy atom. The topological polar surface area (TPSA) is 60.8 Å². The van der Waals surface area contributed by atoms with E-state index in [1.165, 1.54) is 21.3 Å². The molecule has 2 rings (SSSR count). The molecular formula is C13H14ClNO4. The van der Waals surface area contributed by atoms with Gasteiger partial charge in [-0.15, -0.1) is 0 Å². The fraction of sp³-hybridized carbons (Fsp3) is 0.308. The van der Waals surface area contributed by atoms with Gasteiger partial charge < -0.3 is 19.3 Å². The van der Waals surface area contributed by atoms with Crippen LogP contribution in [-0.4, -0.2) is 31.4 Å². The lowest BCUT2D eigenvalue weighted by molar-refractivity contribution is 0.281. The van der Waals surface area contributed by atoms with Gasteiger partial charge in [0.1, 0.15) is 5.15 Å². The predicted molar refractivity (Wildman–Crippen MR) is 72.3 cm³/mol. The van der Waals surface area contributed by atoms with Crippen molar-refractivity contribution in [1.82, 2.24) is 4.98 Å². The molecule has 0 amide bonds. The van der Waals surface area contributed by atoms with Crippen molar-refractivity contribution in [2.24, 2.45) is 0 Å². The number of benzene rings is 1. The normalized spacial score (nSPS) is 10.6. The van der Waals surface area contributed by atoms with E-state index >= 15 is 0 Å². The van der Waals surface area contributed by atoms with Crippen molar-refractivity contribution in [2.75, 3.05) is 21.3 Å². The van der Waals surface area contributed by atoms with Crippen LogP contribution in [0.5, 0.6) is 17.2 Å². The summed E-state index contributed by atoms with van der Waals surface area (Å²) < 4.78 is 15.9. The van der Waals surface area contributed by atoms with E-state index in [4.69, 9.17) is 25.8 Å². The van der Waals surface area contributed by atoms with Crippen molar-refractivity contribution < 1.29 is 19.3 Å². The molecular weight excluding hydrogens is 270 g/mol. The van der Waals surface area contributed by atoms with E-state index in [0.29, 0.717) is 33.7 Å². The van der Waals surface area contributed by atoms with Gasteiger partial charge in [-0.25, -0.2) is 4.98 Å². The van der Waals surface area contributed by atoms with Crippen LogP contribution in [0.2, 0.25) is 5.15 Å². The summed E-state index contributed by atoms with van der Waals surface area (Å²) in [4.78, 5) is 4.23. The molecule has 1 aromatic heterocycles. The summed E-state index contributed by atoms with van der Waals surface area (Å²) in [5.41, 5.74) is 1.14. The number of fused-ring (bicyclic) bond motifs is 1. The molecule has 0 radical (unpaired) electrons. The summed E-state index contributed by atoms with van der Waals surface area (Å²) in [7, 11) is 4.60. The maximum atomic E-state index is 9.25. The molecule has 0 saturated heterocycles. The van der Waals surface area contributed by atoms with E-state index in [-0.39, 0.29) is 11.8 Å². The number of hydrogen-bond donors (Lipinski definition) is 1. The van der Waals surface area contributed by atoms with E-state index in [1.54, 1.807) is 12.1 Å². The smallest absolute Gasteiger partial charge is 0.204 e. The van der Waals surface area contributed by atoms with Crippen LogP contribution >= 0.6 is 11.6 Å². The third-order valence-electron chi connectivity index (χ3n) is 2.82. The van der Waals surface area contributed by atoms with Crippen LogP contribution in [0.3, 0.4) is 0 Å². The third-order valence-corrected chi connectivity index (χ3v) is 3.15. The summed E-state index contributed by atoms with van der Waals surface area (Å²) in [5, 5.41) is 10.2. The van der Waals surface area contributed by atoms with Gasteiger partial charge in [-0.1, -0.05) is 11.6 Å². The molecule has 0 unspecified atom stereocenters. The fourth-order valence-corrected chi connectivity index (χ4v) is 2.13. The zero-order chi connectivity index (χ0) is 14.0. The van der Waals surface area contributed by atoms with Crippen LogP contribution in [0.25, 0.3) is 10.9 Å². The van der Waals surface area contributed by atoms with Crippen LogP contribution in [0.4, 0.5) is 0 Å². The Balaban J connectivity index is 2.85. The maximum absolute atomic E-state index is 9.25. The van der Waals surface area contributed by atoms with Crippen molar-refractivity contribution in [2.45, 2.75) is 6.61 Å². The molecule has 0 fully saturated rings. The molecule has 0 bridgehead atoms. The van der Waals surface area contributed by atoms with Crippen molar-refractivity contribution in [3.05, 3.63) is 22.8 Å². The molecule has 1 heterocycles. The fourth-order valence-electron chi connectivity index (χ4n) is 1.92. The van der Waals surface area contributed by atoms with Crippen LogP contribution in [0, 0.1) is 0 Å². The molecule has 19 heavy (non-hydrogen) atoms. The highest BCUT2D eigenvalue weighted by molar-refractivity contribution is 6.30. The molecule has 0 spiro atoms. The highest BCUT2D eigenvalue weighted by Crippen LogP contribution is 2.43. The Morgan fingerprint density at radius 2 is 1.79 bits per heavy atom. The minimum Gasteiger partial charge on any atom is -0.493 e. The van der Waals surface area contributed by atoms with Crippen molar-refractivity contribution in [3.8, 4) is 17.2 Å². The third kappa shape index (κ3) is 2.27. The number of rotatable bonds is 4. The number of methoxy groups -OCH3 is 3. The zero-order valence-electron chi connectivity index (χ0n) is 10.9. The minimum atomic E-state index is -0.195. The first-order chi connectivity index (χ1) is 9.15. The van der Waals surface area contributed by atoms with Gasteiger partial charge in [0.05, 0.1) is 33.5 Å². The van der Waals surface area contributed by atoms with E-state index in [2.05, 4.69) is 4.98 Å². The molecule has 0 atom stereocenters. The Bertz CT molecular complexity index is 615. The van der Waals surface area contributed by atoms with Crippen LogP contribution in [-0.2, 0) is 6.61 Å². The molecule has 0 saturated carbocycles. The lowest BCUT2D eigenvalue weighted by Gasteiger charge is -2.15. The Morgan fingerprint density at radius 3 is 2.32 bits per heavy atom. The first-order valence-corrected chi connectivity index (χ1v) is 5.93. The van der Waals surface area contributed by atoms with Crippen molar-refractivity contribution in [3.63, 3.8) is 0 Å². The van der Waals surface area contributed by atoms with E-state index in [1.807, 2.05) is 0 Å². The lowest BCUT2D eigenvalue weighted by atomic mass is 10.1. The molecule has 5 nitrogen and oxygen atoms in total. The number of halogens is 1. The first-order valence-electron chi connectivity index (χ1n) is 5.55. The molecule has 0 aliphatic carbocycles. The number of hydrogen-bond acceptors (Lipinski definition) is 5. The lowest BCUT2D eigenvalue weighted by Crippen LogP contribution is -1.98. The first kappa shape index (κ1) is 13.7. The van der Waals surface area contributed by atoms with Crippen molar-refractivity contribution >= 4 is 22.5 Å². The van der Waals surface area contributed by atoms with E-state index in [0.717, 1.165) is 0 Å². The number of ether oxygens (including phenoxy) is 3. The number of pyridine rings is 1. The predicted octanol–water partition coefficient (Wildman–Crippen LogP) is 2.41. The van der Waals surface area contributed by atoms with Crippen molar-refractivity contribution in [1.29, 1.82) is 0 Å². The minimum absolute atomic E-state index is 0.195. The zero-order valence-corrected chi connectivity index (χ0v) is 11.6. The van der Waals surface area contributed by atoms with Gasteiger partial charge in [-0.2, -0.15) is 0 Å². The second kappa shape index (κ2) is 5.50. The Hall–Kier alpha value is -1.72. The van der Waals surface area contributed by atoms with Crippen LogP contribution in [0.15, 0.2) is 12.1 Å². The number of aliphatic hydroxyl groups is 1. The Labute approximate surface area is 115 Å². The molecule has 2 aromatic rings. The van der Waals surface area contributed by atoms with Crippen LogP contribution < -0.4 is 14.2 Å². The second-order valence-electron chi connectivity index (χ2n) is 3.81. The van der Waals surface area contributed by atoms with Gasteiger partial charge in [0.15, 0.2) is 11.5 Å². The highest BCUT2D eigenvalue weighted by atomic mass is 35.5. The average molecular weight is 284 g/mol. The SMILES string of the molecule is COc1cc2nc(Cl)c(CO)cc2c(OC)c1OC. The molecule has 1 N–H and O–H groups in total. The molecule has 0 aliphatic heterocycles. The Kier molecular flexibility index (Phi) is 3.97. The van der Waals surface area contributed by atoms with Gasteiger partial charge >= 0.3 is 0 Å². The van der Waals surface area contributed by atoms with Crippen LogP contribution in [0.1, 0.15) is 5.56 Å². The summed E-state index contributed by atoms with van der Waals surface area (Å²) in [6.07, 6.45) is 0. The number of aromatic nitrogens is 1. The summed E-state index contributed by atoms with van der Waals surface area (Å²) in [5.74, 6) is 1.48. The highest BCUT2D eigenvalue weighted by Gasteiger charge is 2.18. The monoisotopic (exact) mass is 283 g/mol. The van der Waals surface area contributed by atoms with Gasteiger partial charge in [-0.05, 0) is 6.07 Å². The number of nitrogens with zero attached hydrogens (tertiary/aromatic N) is 1. The van der Waals surface area contributed by atoms with Gasteiger partial charge in [0, 0.05) is 17.0 Å². The standard InChI is InChI=1S/C13H14ClNO4/c1-17-10-5-9-8(11(18-2)12(10)19-3)4-7(6-16)13(14)15-9/h4-5,16H,6H2,1-3H3. The molecule has 102 valence electrons. The maximum Gasteiger partial charge on any atom is 0.204 e. The van der Waals surface area contributed by atoms with Gasteiger partial charge in [0.25, 0.3) is 0 Å². The second-order valence-corrected chi connectivity index (χ2v) is 4.17.